The van der Waals surface area contributed by atoms with E-state index in [0.717, 1.165) is 57.8 Å². The highest BCUT2D eigenvalue weighted by atomic mass is 31.2. The zero-order chi connectivity index (χ0) is 45.5. The maximum absolute atomic E-state index is 12.8. The maximum Gasteiger partial charge on any atom is 0.472 e. The van der Waals surface area contributed by atoms with Gasteiger partial charge in [-0.25, -0.2) is 4.57 Å². The first kappa shape index (κ1) is 60.7. The lowest BCUT2D eigenvalue weighted by Crippen LogP contribution is -2.37. The number of likely N-dealkylation sites (N-methyl/N-ethyl adjacent to an activating group) is 1. The number of allylic oxidation sites excluding steroid dienone is 6. The van der Waals surface area contributed by atoms with Gasteiger partial charge in [0.25, 0.3) is 0 Å². The number of nitrogens with zero attached hydrogens (tertiary/aromatic N) is 1. The van der Waals surface area contributed by atoms with Gasteiger partial charge >= 0.3 is 13.8 Å². The largest absolute Gasteiger partial charge is 0.472 e. The van der Waals surface area contributed by atoms with Crippen LogP contribution >= 0.6 is 7.82 Å². The minimum Gasteiger partial charge on any atom is -0.457 e. The number of ether oxygens (including phenoxy) is 2. The van der Waals surface area contributed by atoms with Gasteiger partial charge in [0, 0.05) is 13.0 Å². The fraction of sp³-hybridized carbons (Fsp3) is 0.868. The molecule has 0 spiro atoms. The number of phosphoric acid groups is 1. The van der Waals surface area contributed by atoms with E-state index in [2.05, 4.69) is 50.3 Å². The molecule has 62 heavy (non-hydrogen) atoms. The molecule has 0 radical (unpaired) electrons. The quantitative estimate of drug-likeness (QED) is 0.0214. The van der Waals surface area contributed by atoms with Gasteiger partial charge in [0.05, 0.1) is 34.4 Å². The highest BCUT2D eigenvalue weighted by Crippen LogP contribution is 2.43. The average Bonchev–Trinajstić information content (AvgIpc) is 3.23. The number of quaternary nitrogens is 1. The summed E-state index contributed by atoms with van der Waals surface area (Å²) in [5, 5.41) is 0. The molecule has 8 nitrogen and oxygen atoms in total. The Labute approximate surface area is 385 Å². The van der Waals surface area contributed by atoms with Crippen LogP contribution in [0, 0.1) is 0 Å². The van der Waals surface area contributed by atoms with Crippen LogP contribution in [-0.4, -0.2) is 75.6 Å². The van der Waals surface area contributed by atoms with Crippen LogP contribution in [0.2, 0.25) is 0 Å². The molecular formula is C53H103NO7P+. The minimum absolute atomic E-state index is 0.0868. The van der Waals surface area contributed by atoms with Crippen molar-refractivity contribution in [1.29, 1.82) is 0 Å². The second-order valence-electron chi connectivity index (χ2n) is 18.9. The van der Waals surface area contributed by atoms with Crippen LogP contribution in [0.15, 0.2) is 36.5 Å². The molecular weight excluding hydrogens is 794 g/mol. The molecule has 366 valence electrons. The number of hydrogen-bond acceptors (Lipinski definition) is 6. The Morgan fingerprint density at radius 2 is 0.935 bits per heavy atom. The Hall–Kier alpha value is -1.28. The molecule has 9 heteroatoms. The molecule has 2 unspecified atom stereocenters. The summed E-state index contributed by atoms with van der Waals surface area (Å²) in [6, 6.07) is 0. The first-order valence-electron chi connectivity index (χ1n) is 26.2. The Kier molecular flexibility index (Phi) is 45.3. The Morgan fingerprint density at radius 3 is 1.40 bits per heavy atom. The summed E-state index contributed by atoms with van der Waals surface area (Å²) >= 11 is 0. The number of hydrogen-bond donors (Lipinski definition) is 1. The lowest BCUT2D eigenvalue weighted by Gasteiger charge is -2.24. The standard InChI is InChI=1S/C53H102NO7P/c1-6-8-10-12-14-16-18-20-22-24-25-26-27-28-29-30-31-32-34-36-38-40-42-44-46-53(55)61-52(51-60-62(56,57)59-49-47-54(3,4)5)50-58-48-45-43-41-39-37-35-33-23-21-19-17-15-13-11-9-7-2/h9,11,15,17,21,23,52H,6-8,10,12-14,16,18-20,22,24-51H2,1-5H3/p+1/b11-9-,17-15-,23-21-. The lowest BCUT2D eigenvalue weighted by atomic mass is 10.0. The van der Waals surface area contributed by atoms with Crippen molar-refractivity contribution in [3.8, 4) is 0 Å². The summed E-state index contributed by atoms with van der Waals surface area (Å²) in [6.45, 7) is 5.52. The molecule has 0 rings (SSSR count). The average molecular weight is 897 g/mol. The van der Waals surface area contributed by atoms with E-state index in [1.807, 2.05) is 21.1 Å². The molecule has 0 aromatic heterocycles. The summed E-state index contributed by atoms with van der Waals surface area (Å²) < 4.78 is 35.1. The first-order chi connectivity index (χ1) is 30.1. The van der Waals surface area contributed by atoms with Gasteiger partial charge in [-0.1, -0.05) is 224 Å². The molecule has 0 aliphatic carbocycles. The Bertz CT molecular complexity index is 1090. The van der Waals surface area contributed by atoms with E-state index < -0.39 is 13.9 Å². The predicted octanol–water partition coefficient (Wildman–Crippen LogP) is 16.1. The number of carbonyl (C=O) groups excluding carboxylic acids is 1. The molecule has 1 N–H and O–H groups in total. The van der Waals surface area contributed by atoms with Crippen LogP contribution in [0.1, 0.15) is 239 Å². The van der Waals surface area contributed by atoms with Crippen molar-refractivity contribution in [2.45, 2.75) is 245 Å². The van der Waals surface area contributed by atoms with E-state index in [-0.39, 0.29) is 25.8 Å². The molecule has 0 aromatic carbocycles. The minimum atomic E-state index is -4.28. The summed E-state index contributed by atoms with van der Waals surface area (Å²) in [7, 11) is 1.67. The zero-order valence-electron chi connectivity index (χ0n) is 41.6. The first-order valence-corrected chi connectivity index (χ1v) is 27.7. The number of unbranched alkanes of at least 4 members (excludes halogenated alkanes) is 29. The molecule has 0 aliphatic rings. The number of esters is 1. The fourth-order valence-corrected chi connectivity index (χ4v) is 8.19. The van der Waals surface area contributed by atoms with Gasteiger partial charge in [-0.3, -0.25) is 13.8 Å². The van der Waals surface area contributed by atoms with Gasteiger partial charge in [0.15, 0.2) is 0 Å². The van der Waals surface area contributed by atoms with E-state index in [4.69, 9.17) is 18.5 Å². The normalized spacial score (nSPS) is 13.8. The van der Waals surface area contributed by atoms with Gasteiger partial charge in [0.2, 0.25) is 0 Å². The van der Waals surface area contributed by atoms with E-state index in [1.165, 1.54) is 161 Å². The summed E-state index contributed by atoms with van der Waals surface area (Å²) in [4.78, 5) is 23.0. The molecule has 0 amide bonds. The van der Waals surface area contributed by atoms with Crippen molar-refractivity contribution >= 4 is 13.8 Å². The molecule has 2 atom stereocenters. The van der Waals surface area contributed by atoms with E-state index in [9.17, 15) is 14.3 Å². The number of phosphoric ester groups is 1. The van der Waals surface area contributed by atoms with Crippen LogP contribution in [0.4, 0.5) is 0 Å². The predicted molar refractivity (Wildman–Crippen MR) is 266 cm³/mol. The molecule has 0 bridgehead atoms. The van der Waals surface area contributed by atoms with E-state index in [1.54, 1.807) is 0 Å². The van der Waals surface area contributed by atoms with Gasteiger partial charge in [-0.15, -0.1) is 0 Å². The van der Waals surface area contributed by atoms with Crippen molar-refractivity contribution in [2.24, 2.45) is 0 Å². The Morgan fingerprint density at radius 1 is 0.516 bits per heavy atom. The highest BCUT2D eigenvalue weighted by molar-refractivity contribution is 7.47. The SMILES string of the molecule is CC/C=C\C/C=C\C/C=C\CCCCCCCCOCC(COP(=O)(O)OCC[N+](C)(C)C)OC(=O)CCCCCCCCCCCCCCCCCCCCCCCCCC. The third-order valence-electron chi connectivity index (χ3n) is 11.5. The molecule has 0 saturated carbocycles. The second kappa shape index (κ2) is 46.3. The van der Waals surface area contributed by atoms with E-state index >= 15 is 0 Å². The molecule has 0 fully saturated rings. The van der Waals surface area contributed by atoms with Gasteiger partial charge in [0.1, 0.15) is 19.3 Å². The molecule has 0 heterocycles. The van der Waals surface area contributed by atoms with Crippen molar-refractivity contribution in [1.82, 2.24) is 0 Å². The monoisotopic (exact) mass is 897 g/mol. The van der Waals surface area contributed by atoms with Gasteiger partial charge in [-0.2, -0.15) is 0 Å². The van der Waals surface area contributed by atoms with Crippen LogP contribution in [0.3, 0.4) is 0 Å². The summed E-state index contributed by atoms with van der Waals surface area (Å²) in [6.07, 6.45) is 56.3. The van der Waals surface area contributed by atoms with E-state index in [0.29, 0.717) is 24.1 Å². The van der Waals surface area contributed by atoms with Crippen LogP contribution in [0.25, 0.3) is 0 Å². The Balaban J connectivity index is 4.07. The molecule has 0 saturated heterocycles. The topological polar surface area (TPSA) is 91.3 Å². The van der Waals surface area contributed by atoms with Crippen molar-refractivity contribution in [2.75, 3.05) is 54.1 Å². The lowest BCUT2D eigenvalue weighted by molar-refractivity contribution is -0.870. The highest BCUT2D eigenvalue weighted by Gasteiger charge is 2.26. The zero-order valence-corrected chi connectivity index (χ0v) is 42.5. The van der Waals surface area contributed by atoms with Crippen molar-refractivity contribution in [3.63, 3.8) is 0 Å². The van der Waals surface area contributed by atoms with Crippen LogP contribution in [-0.2, 0) is 27.9 Å². The number of carbonyl (C=O) groups is 1. The van der Waals surface area contributed by atoms with Gasteiger partial charge < -0.3 is 18.9 Å². The van der Waals surface area contributed by atoms with Crippen molar-refractivity contribution < 1.29 is 37.3 Å². The molecule has 0 aliphatic heterocycles. The third-order valence-corrected chi connectivity index (χ3v) is 12.5. The van der Waals surface area contributed by atoms with Crippen molar-refractivity contribution in [3.05, 3.63) is 36.5 Å². The van der Waals surface area contributed by atoms with Crippen LogP contribution < -0.4 is 0 Å². The smallest absolute Gasteiger partial charge is 0.457 e. The summed E-state index contributed by atoms with van der Waals surface area (Å²) in [5.74, 6) is -0.314. The second-order valence-corrected chi connectivity index (χ2v) is 20.3. The number of rotatable bonds is 49. The fourth-order valence-electron chi connectivity index (χ4n) is 7.45. The van der Waals surface area contributed by atoms with Gasteiger partial charge in [-0.05, 0) is 44.9 Å². The maximum atomic E-state index is 12.8. The van der Waals surface area contributed by atoms with Crippen LogP contribution in [0.5, 0.6) is 0 Å². The summed E-state index contributed by atoms with van der Waals surface area (Å²) in [5.41, 5.74) is 0. The third kappa shape index (κ3) is 49.7. The molecule has 0 aromatic rings.